The summed E-state index contributed by atoms with van der Waals surface area (Å²) >= 11 is 5.85. The number of ether oxygens (including phenoxy) is 1. The maximum Gasteiger partial charge on any atom is 0.266 e. The average Bonchev–Trinajstić information content (AvgIpc) is 2.71. The second-order valence-corrected chi connectivity index (χ2v) is 9.68. The van der Waals surface area contributed by atoms with Gasteiger partial charge in [0.2, 0.25) is 10.0 Å². The van der Waals surface area contributed by atoms with E-state index < -0.39 is 32.2 Å². The summed E-state index contributed by atoms with van der Waals surface area (Å²) in [4.78, 5) is 13.7. The molecule has 0 unspecified atom stereocenters. The van der Waals surface area contributed by atoms with Crippen molar-refractivity contribution in [2.45, 2.75) is 24.3 Å². The standard InChI is InChI=1S/C20H21ClF2N2O4S/c1-20(2,29-16-6-3-14(21)4-7-16)19(26)24-9-11-25(12-10-24)30(27,28)18-13-15(22)5-8-17(18)23/h3-8,13H,9-12H2,1-2H3. The van der Waals surface area contributed by atoms with Crippen LogP contribution in [0.2, 0.25) is 5.02 Å². The van der Waals surface area contributed by atoms with Crippen LogP contribution in [-0.2, 0) is 14.8 Å². The molecule has 10 heteroatoms. The molecule has 1 saturated heterocycles. The topological polar surface area (TPSA) is 66.9 Å². The maximum absolute atomic E-state index is 14.0. The van der Waals surface area contributed by atoms with Gasteiger partial charge in [0.25, 0.3) is 5.91 Å². The zero-order valence-corrected chi connectivity index (χ0v) is 18.0. The Kier molecular flexibility index (Phi) is 6.35. The van der Waals surface area contributed by atoms with Crippen LogP contribution in [0.1, 0.15) is 13.8 Å². The summed E-state index contributed by atoms with van der Waals surface area (Å²) in [6.45, 7) is 3.36. The van der Waals surface area contributed by atoms with Gasteiger partial charge >= 0.3 is 0 Å². The third kappa shape index (κ3) is 4.74. The van der Waals surface area contributed by atoms with E-state index in [1.54, 1.807) is 38.1 Å². The van der Waals surface area contributed by atoms with Gasteiger partial charge < -0.3 is 9.64 Å². The van der Waals surface area contributed by atoms with Crippen LogP contribution in [-0.4, -0.2) is 55.3 Å². The molecular weight excluding hydrogens is 438 g/mol. The molecule has 0 spiro atoms. The molecule has 0 saturated carbocycles. The van der Waals surface area contributed by atoms with Crippen molar-refractivity contribution in [3.8, 4) is 5.75 Å². The Morgan fingerprint density at radius 3 is 2.23 bits per heavy atom. The van der Waals surface area contributed by atoms with Gasteiger partial charge in [-0.1, -0.05) is 11.6 Å². The molecule has 0 radical (unpaired) electrons. The van der Waals surface area contributed by atoms with Crippen molar-refractivity contribution in [2.75, 3.05) is 26.2 Å². The molecule has 0 atom stereocenters. The normalized spacial score (nSPS) is 15.8. The first-order valence-corrected chi connectivity index (χ1v) is 11.0. The van der Waals surface area contributed by atoms with Gasteiger partial charge in [-0.05, 0) is 56.3 Å². The van der Waals surface area contributed by atoms with Crippen LogP contribution in [0.5, 0.6) is 5.75 Å². The van der Waals surface area contributed by atoms with E-state index in [9.17, 15) is 22.0 Å². The summed E-state index contributed by atoms with van der Waals surface area (Å²) in [5.74, 6) is -1.70. The zero-order chi connectivity index (χ0) is 22.1. The van der Waals surface area contributed by atoms with Crippen molar-refractivity contribution in [1.82, 2.24) is 9.21 Å². The Labute approximate surface area is 179 Å². The first-order valence-electron chi connectivity index (χ1n) is 9.20. The number of sulfonamides is 1. The van der Waals surface area contributed by atoms with Crippen LogP contribution in [0.15, 0.2) is 47.4 Å². The fourth-order valence-electron chi connectivity index (χ4n) is 3.17. The number of hydrogen-bond donors (Lipinski definition) is 0. The van der Waals surface area contributed by atoms with Crippen molar-refractivity contribution < 1.29 is 26.7 Å². The number of carbonyl (C=O) groups is 1. The second-order valence-electron chi connectivity index (χ2n) is 7.34. The molecule has 1 heterocycles. The maximum atomic E-state index is 14.0. The fraction of sp³-hybridized carbons (Fsp3) is 0.350. The molecule has 2 aromatic rings. The Bertz CT molecular complexity index is 1040. The highest BCUT2D eigenvalue weighted by Crippen LogP contribution is 2.25. The molecule has 3 rings (SSSR count). The smallest absolute Gasteiger partial charge is 0.266 e. The molecule has 6 nitrogen and oxygen atoms in total. The Morgan fingerprint density at radius 1 is 1.03 bits per heavy atom. The number of nitrogens with zero attached hydrogens (tertiary/aromatic N) is 2. The van der Waals surface area contributed by atoms with Crippen LogP contribution in [0.3, 0.4) is 0 Å². The number of hydrogen-bond acceptors (Lipinski definition) is 4. The lowest BCUT2D eigenvalue weighted by Gasteiger charge is -2.38. The molecule has 1 amide bonds. The predicted octanol–water partition coefficient (Wildman–Crippen LogP) is 3.31. The lowest BCUT2D eigenvalue weighted by atomic mass is 10.1. The van der Waals surface area contributed by atoms with Crippen molar-refractivity contribution >= 4 is 27.5 Å². The molecule has 2 aromatic carbocycles. The minimum Gasteiger partial charge on any atom is -0.478 e. The monoisotopic (exact) mass is 458 g/mol. The SMILES string of the molecule is CC(C)(Oc1ccc(Cl)cc1)C(=O)N1CCN(S(=O)(=O)c2cc(F)ccc2F)CC1. The third-order valence-electron chi connectivity index (χ3n) is 4.74. The van der Waals surface area contributed by atoms with Crippen LogP contribution in [0.4, 0.5) is 8.78 Å². The molecular formula is C20H21ClF2N2O4S. The van der Waals surface area contributed by atoms with Crippen molar-refractivity contribution in [3.05, 3.63) is 59.1 Å². The number of rotatable bonds is 5. The minimum absolute atomic E-state index is 0.0406. The highest BCUT2D eigenvalue weighted by atomic mass is 35.5. The summed E-state index contributed by atoms with van der Waals surface area (Å²) in [7, 11) is -4.22. The summed E-state index contributed by atoms with van der Waals surface area (Å²) in [5.41, 5.74) is -1.19. The van der Waals surface area contributed by atoms with Crippen molar-refractivity contribution in [1.29, 1.82) is 0 Å². The van der Waals surface area contributed by atoms with Crippen LogP contribution < -0.4 is 4.74 Å². The molecule has 1 fully saturated rings. The number of halogens is 3. The van der Waals surface area contributed by atoms with Gasteiger partial charge in [0.1, 0.15) is 22.3 Å². The Hall–Kier alpha value is -2.23. The van der Waals surface area contributed by atoms with Gasteiger partial charge in [-0.25, -0.2) is 17.2 Å². The molecule has 1 aliphatic heterocycles. The summed E-state index contributed by atoms with van der Waals surface area (Å²) in [6.07, 6.45) is 0. The first kappa shape index (κ1) is 22.5. The van der Waals surface area contributed by atoms with E-state index in [1.807, 2.05) is 0 Å². The number of carbonyl (C=O) groups excluding carboxylic acids is 1. The van der Waals surface area contributed by atoms with E-state index >= 15 is 0 Å². The fourth-order valence-corrected chi connectivity index (χ4v) is 4.79. The largest absolute Gasteiger partial charge is 0.478 e. The first-order chi connectivity index (χ1) is 14.0. The van der Waals surface area contributed by atoms with E-state index in [4.69, 9.17) is 16.3 Å². The van der Waals surface area contributed by atoms with Crippen molar-refractivity contribution in [2.24, 2.45) is 0 Å². The lowest BCUT2D eigenvalue weighted by Crippen LogP contribution is -2.56. The molecule has 0 aromatic heterocycles. The van der Waals surface area contributed by atoms with Crippen LogP contribution in [0, 0.1) is 11.6 Å². The zero-order valence-electron chi connectivity index (χ0n) is 16.4. The Morgan fingerprint density at radius 2 is 1.63 bits per heavy atom. The molecule has 0 aliphatic carbocycles. The van der Waals surface area contributed by atoms with E-state index in [1.165, 1.54) is 4.90 Å². The molecule has 30 heavy (non-hydrogen) atoms. The lowest BCUT2D eigenvalue weighted by molar-refractivity contribution is -0.146. The van der Waals surface area contributed by atoms with Gasteiger partial charge in [-0.3, -0.25) is 4.79 Å². The molecule has 0 bridgehead atoms. The van der Waals surface area contributed by atoms with E-state index in [2.05, 4.69) is 0 Å². The number of amides is 1. The van der Waals surface area contributed by atoms with E-state index in [0.717, 1.165) is 16.4 Å². The van der Waals surface area contributed by atoms with Gasteiger partial charge in [-0.15, -0.1) is 0 Å². The van der Waals surface area contributed by atoms with Gasteiger partial charge in [0, 0.05) is 31.2 Å². The van der Waals surface area contributed by atoms with Gasteiger partial charge in [-0.2, -0.15) is 4.31 Å². The number of benzene rings is 2. The highest BCUT2D eigenvalue weighted by molar-refractivity contribution is 7.89. The summed E-state index contributed by atoms with van der Waals surface area (Å²) < 4.78 is 59.6. The van der Waals surface area contributed by atoms with Crippen LogP contribution in [0.25, 0.3) is 0 Å². The molecule has 1 aliphatic rings. The molecule has 162 valence electrons. The van der Waals surface area contributed by atoms with Gasteiger partial charge in [0.15, 0.2) is 5.60 Å². The van der Waals surface area contributed by atoms with Crippen molar-refractivity contribution in [3.63, 3.8) is 0 Å². The van der Waals surface area contributed by atoms with Gasteiger partial charge in [0.05, 0.1) is 0 Å². The van der Waals surface area contributed by atoms with E-state index in [0.29, 0.717) is 16.8 Å². The average molecular weight is 459 g/mol. The Balaban J connectivity index is 1.67. The number of piperazine rings is 1. The predicted molar refractivity (Wildman–Crippen MR) is 108 cm³/mol. The molecule has 0 N–H and O–H groups in total. The highest BCUT2D eigenvalue weighted by Gasteiger charge is 2.38. The van der Waals surface area contributed by atoms with Crippen LogP contribution >= 0.6 is 11.6 Å². The quantitative estimate of drug-likeness (QED) is 0.689. The third-order valence-corrected chi connectivity index (χ3v) is 6.90. The summed E-state index contributed by atoms with van der Waals surface area (Å²) in [5, 5.41) is 0.540. The summed E-state index contributed by atoms with van der Waals surface area (Å²) in [6, 6.07) is 8.88. The second kappa shape index (κ2) is 8.49. The van der Waals surface area contributed by atoms with E-state index in [-0.39, 0.29) is 32.1 Å². The minimum atomic E-state index is -4.22.